The van der Waals surface area contributed by atoms with Crippen LogP contribution in [0.1, 0.15) is 18.1 Å². The quantitative estimate of drug-likeness (QED) is 0.470. The van der Waals surface area contributed by atoms with Crippen LogP contribution in [-0.2, 0) is 11.3 Å². The van der Waals surface area contributed by atoms with Crippen LogP contribution in [0.25, 0.3) is 0 Å². The molecule has 140 valence electrons. The average Bonchev–Trinajstić information content (AvgIpc) is 2.65. The molecule has 2 rings (SSSR count). The lowest BCUT2D eigenvalue weighted by atomic mass is 10.2. The fourth-order valence-electron chi connectivity index (χ4n) is 2.49. The van der Waals surface area contributed by atoms with E-state index in [0.717, 1.165) is 5.56 Å². The van der Waals surface area contributed by atoms with Crippen molar-refractivity contribution in [3.63, 3.8) is 0 Å². The van der Waals surface area contributed by atoms with Gasteiger partial charge in [-0.05, 0) is 42.8 Å². The number of carbonyl (C=O) groups excluding carboxylic acids is 1. The van der Waals surface area contributed by atoms with Crippen molar-refractivity contribution < 1.29 is 9.18 Å². The smallest absolute Gasteiger partial charge is 0.246 e. The average molecular weight is 366 g/mol. The van der Waals surface area contributed by atoms with E-state index in [1.54, 1.807) is 30.3 Å². The number of rotatable bonds is 6. The molecule has 0 aliphatic carbocycles. The molecule has 0 heterocycles. The van der Waals surface area contributed by atoms with Crippen LogP contribution >= 0.6 is 0 Å². The van der Waals surface area contributed by atoms with Crippen LogP contribution < -0.4 is 10.6 Å². The molecule has 0 fully saturated rings. The second-order valence-corrected chi connectivity index (χ2v) is 5.93. The van der Waals surface area contributed by atoms with Gasteiger partial charge in [0, 0.05) is 31.4 Å². The van der Waals surface area contributed by atoms with E-state index in [9.17, 15) is 9.18 Å². The molecule has 5 nitrogen and oxygen atoms in total. The number of carbonyl (C=O) groups is 1. The van der Waals surface area contributed by atoms with E-state index in [1.165, 1.54) is 12.1 Å². The molecule has 27 heavy (non-hydrogen) atoms. The summed E-state index contributed by atoms with van der Waals surface area (Å²) >= 11 is 0. The predicted octanol–water partition coefficient (Wildman–Crippen LogP) is 2.84. The number of benzene rings is 2. The van der Waals surface area contributed by atoms with Crippen molar-refractivity contribution in [3.8, 4) is 12.3 Å². The number of halogens is 1. The zero-order valence-corrected chi connectivity index (χ0v) is 15.5. The zero-order valence-electron chi connectivity index (χ0n) is 15.5. The Hall–Kier alpha value is -3.33. The topological polar surface area (TPSA) is 56.7 Å². The summed E-state index contributed by atoms with van der Waals surface area (Å²) in [5.41, 5.74) is 2.14. The Bertz CT molecular complexity index is 857. The zero-order chi connectivity index (χ0) is 19.6. The van der Waals surface area contributed by atoms with Crippen molar-refractivity contribution in [1.29, 1.82) is 0 Å². The fraction of sp³-hybridized carbons (Fsp3) is 0.238. The molecule has 0 radical (unpaired) electrons. The van der Waals surface area contributed by atoms with Gasteiger partial charge in [-0.1, -0.05) is 24.1 Å². The number of terminal acetylenes is 1. The van der Waals surface area contributed by atoms with Crippen LogP contribution in [-0.4, -0.2) is 36.9 Å². The molecule has 0 aliphatic heterocycles. The Labute approximate surface area is 159 Å². The second kappa shape index (κ2) is 9.97. The number of nitrogens with zero attached hydrogens (tertiary/aromatic N) is 2. The molecule has 2 aromatic carbocycles. The number of anilines is 1. The summed E-state index contributed by atoms with van der Waals surface area (Å²) in [6, 6.07) is 13.5. The number of nitrogens with one attached hydrogen (secondary N) is 2. The fourth-order valence-corrected chi connectivity index (χ4v) is 2.49. The third kappa shape index (κ3) is 6.48. The second-order valence-electron chi connectivity index (χ2n) is 5.93. The molecule has 0 atom stereocenters. The number of guanidine groups is 1. The first-order valence-electron chi connectivity index (χ1n) is 8.62. The number of aliphatic imine (C=N–C) groups is 1. The first-order valence-corrected chi connectivity index (χ1v) is 8.62. The molecule has 2 aromatic rings. The lowest BCUT2D eigenvalue weighted by Crippen LogP contribution is -2.39. The highest BCUT2D eigenvalue weighted by molar-refractivity contribution is 5.94. The molecule has 6 heteroatoms. The maximum absolute atomic E-state index is 13.4. The van der Waals surface area contributed by atoms with Crippen molar-refractivity contribution in [2.45, 2.75) is 13.5 Å². The van der Waals surface area contributed by atoms with Crippen LogP contribution in [0.5, 0.6) is 0 Å². The van der Waals surface area contributed by atoms with Crippen molar-refractivity contribution in [3.05, 3.63) is 65.5 Å². The highest BCUT2D eigenvalue weighted by atomic mass is 19.1. The minimum Gasteiger partial charge on any atom is -0.357 e. The molecule has 0 spiro atoms. The number of hydrogen-bond donors (Lipinski definition) is 2. The summed E-state index contributed by atoms with van der Waals surface area (Å²) in [5, 5.41) is 5.90. The van der Waals surface area contributed by atoms with Gasteiger partial charge < -0.3 is 15.5 Å². The summed E-state index contributed by atoms with van der Waals surface area (Å²) in [4.78, 5) is 18.4. The molecule has 0 bridgehead atoms. The lowest BCUT2D eigenvalue weighted by Gasteiger charge is -2.22. The van der Waals surface area contributed by atoms with Gasteiger partial charge in [-0.2, -0.15) is 0 Å². The van der Waals surface area contributed by atoms with Gasteiger partial charge in [-0.25, -0.2) is 9.38 Å². The van der Waals surface area contributed by atoms with Gasteiger partial charge in [0.15, 0.2) is 5.96 Å². The minimum absolute atomic E-state index is 0.0455. The van der Waals surface area contributed by atoms with Crippen LogP contribution in [0.2, 0.25) is 0 Å². The maximum Gasteiger partial charge on any atom is 0.246 e. The first-order chi connectivity index (χ1) is 13.0. The SMILES string of the molecule is C#Cc1cccc(NC(=O)CN=C(NCC)N(C)Cc2cccc(F)c2)c1. The highest BCUT2D eigenvalue weighted by Gasteiger charge is 2.09. The van der Waals surface area contributed by atoms with Gasteiger partial charge in [0.05, 0.1) is 0 Å². The maximum atomic E-state index is 13.4. The van der Waals surface area contributed by atoms with Crippen molar-refractivity contribution in [1.82, 2.24) is 10.2 Å². The molecule has 0 saturated heterocycles. The highest BCUT2D eigenvalue weighted by Crippen LogP contribution is 2.10. The summed E-state index contributed by atoms with van der Waals surface area (Å²) < 4.78 is 13.4. The van der Waals surface area contributed by atoms with Crippen LogP contribution in [0, 0.1) is 18.2 Å². The van der Waals surface area contributed by atoms with Gasteiger partial charge in [0.1, 0.15) is 12.4 Å². The standard InChI is InChI=1S/C21H23FN4O/c1-4-16-8-7-11-19(13-16)25-20(27)14-24-21(23-5-2)26(3)15-17-9-6-10-18(22)12-17/h1,6-13H,5,14-15H2,2-3H3,(H,23,24)(H,25,27). The summed E-state index contributed by atoms with van der Waals surface area (Å²) in [5.74, 6) is 2.56. The van der Waals surface area contributed by atoms with E-state index in [0.29, 0.717) is 30.3 Å². The Kier molecular flexibility index (Phi) is 7.38. The lowest BCUT2D eigenvalue weighted by molar-refractivity contribution is -0.114. The third-order valence-corrected chi connectivity index (χ3v) is 3.69. The van der Waals surface area contributed by atoms with E-state index in [2.05, 4.69) is 21.5 Å². The van der Waals surface area contributed by atoms with Gasteiger partial charge in [-0.15, -0.1) is 6.42 Å². The van der Waals surface area contributed by atoms with Gasteiger partial charge in [0.2, 0.25) is 5.91 Å². The third-order valence-electron chi connectivity index (χ3n) is 3.69. The van der Waals surface area contributed by atoms with Crippen LogP contribution in [0.3, 0.4) is 0 Å². The molecule has 0 unspecified atom stereocenters. The van der Waals surface area contributed by atoms with Crippen molar-refractivity contribution >= 4 is 17.6 Å². The molecule has 0 aromatic heterocycles. The molecular weight excluding hydrogens is 343 g/mol. The predicted molar refractivity (Wildman–Crippen MR) is 107 cm³/mol. The van der Waals surface area contributed by atoms with E-state index >= 15 is 0 Å². The molecule has 0 saturated carbocycles. The first kappa shape index (κ1) is 20.0. The number of hydrogen-bond acceptors (Lipinski definition) is 2. The van der Waals surface area contributed by atoms with E-state index in [4.69, 9.17) is 6.42 Å². The molecule has 0 aliphatic rings. The van der Waals surface area contributed by atoms with E-state index in [-0.39, 0.29) is 18.3 Å². The minimum atomic E-state index is -0.281. The van der Waals surface area contributed by atoms with E-state index in [1.807, 2.05) is 24.9 Å². The Balaban J connectivity index is 2.00. The van der Waals surface area contributed by atoms with Crippen molar-refractivity contribution in [2.75, 3.05) is 25.5 Å². The Morgan fingerprint density at radius 3 is 2.74 bits per heavy atom. The summed E-state index contributed by atoms with van der Waals surface area (Å²) in [6.07, 6.45) is 5.37. The van der Waals surface area contributed by atoms with Crippen LogP contribution in [0.4, 0.5) is 10.1 Å². The Morgan fingerprint density at radius 2 is 2.04 bits per heavy atom. The van der Waals surface area contributed by atoms with Crippen molar-refractivity contribution in [2.24, 2.45) is 4.99 Å². The monoisotopic (exact) mass is 366 g/mol. The molecular formula is C21H23FN4O. The largest absolute Gasteiger partial charge is 0.357 e. The van der Waals surface area contributed by atoms with Crippen LogP contribution in [0.15, 0.2) is 53.5 Å². The molecule has 2 N–H and O–H groups in total. The summed E-state index contributed by atoms with van der Waals surface area (Å²) in [6.45, 7) is 3.01. The Morgan fingerprint density at radius 1 is 1.26 bits per heavy atom. The normalized spacial score (nSPS) is 10.8. The molecule has 1 amide bonds. The summed E-state index contributed by atoms with van der Waals surface area (Å²) in [7, 11) is 1.83. The van der Waals surface area contributed by atoms with Gasteiger partial charge >= 0.3 is 0 Å². The van der Waals surface area contributed by atoms with Gasteiger partial charge in [0.25, 0.3) is 0 Å². The number of amides is 1. The van der Waals surface area contributed by atoms with Gasteiger partial charge in [-0.3, -0.25) is 4.79 Å². The van der Waals surface area contributed by atoms with E-state index < -0.39 is 0 Å².